The Morgan fingerprint density at radius 1 is 1.60 bits per heavy atom. The van der Waals surface area contributed by atoms with E-state index in [-0.39, 0.29) is 20.3 Å². The average molecular weight is 64.1 g/mol. The second-order valence-electron chi connectivity index (χ2n) is 1.68. The van der Waals surface area contributed by atoms with Crippen molar-refractivity contribution in [1.82, 2.24) is 0 Å². The first kappa shape index (κ1) is 5.60. The van der Waals surface area contributed by atoms with Gasteiger partial charge in [0.05, 0.1) is 0 Å². The smallest absolute Gasteiger partial charge is 1.00 e. The molecule has 0 aromatic rings. The standard InChI is InChI=1S/C4H8.Li.H/c1-4-2-3-4;;/h4H,2-3H2,1H3;;/q;+1;-1. The van der Waals surface area contributed by atoms with E-state index in [2.05, 4.69) is 6.92 Å². The van der Waals surface area contributed by atoms with Crippen LogP contribution in [0.5, 0.6) is 0 Å². The molecule has 0 spiro atoms. The van der Waals surface area contributed by atoms with Gasteiger partial charge in [0, 0.05) is 0 Å². The zero-order chi connectivity index (χ0) is 2.99. The molecule has 1 aliphatic carbocycles. The Hall–Kier alpha value is 0.597. The molecular weight excluding hydrogens is 55.0 g/mol. The van der Waals surface area contributed by atoms with Gasteiger partial charge in [-0.05, 0) is 5.92 Å². The van der Waals surface area contributed by atoms with Crippen molar-refractivity contribution in [3.8, 4) is 0 Å². The molecule has 0 nitrogen and oxygen atoms in total. The number of rotatable bonds is 0. The molecule has 1 saturated carbocycles. The van der Waals surface area contributed by atoms with E-state index in [0.29, 0.717) is 0 Å². The molecule has 0 saturated heterocycles. The van der Waals surface area contributed by atoms with Gasteiger partial charge in [-0.3, -0.25) is 0 Å². The topological polar surface area (TPSA) is 0 Å². The van der Waals surface area contributed by atoms with Crippen LogP contribution in [-0.2, 0) is 0 Å². The van der Waals surface area contributed by atoms with Gasteiger partial charge in [0.15, 0.2) is 0 Å². The van der Waals surface area contributed by atoms with Crippen LogP contribution in [0.15, 0.2) is 0 Å². The number of hydrogen-bond acceptors (Lipinski definition) is 0. The van der Waals surface area contributed by atoms with Crippen LogP contribution in [0, 0.1) is 5.92 Å². The van der Waals surface area contributed by atoms with E-state index in [1.165, 1.54) is 12.8 Å². The quantitative estimate of drug-likeness (QED) is 0.302. The normalized spacial score (nSPS) is 21.0. The van der Waals surface area contributed by atoms with Crippen molar-refractivity contribution in [3.05, 3.63) is 0 Å². The summed E-state index contributed by atoms with van der Waals surface area (Å²) in [6, 6.07) is 0. The molecule has 0 aromatic heterocycles. The molecule has 0 bridgehead atoms. The Labute approximate surface area is 46.6 Å². The zero-order valence-electron chi connectivity index (χ0n) is 4.99. The Balaban J connectivity index is 0. The van der Waals surface area contributed by atoms with Crippen molar-refractivity contribution in [2.24, 2.45) is 5.92 Å². The van der Waals surface area contributed by atoms with Crippen molar-refractivity contribution < 1.29 is 20.3 Å². The maximum absolute atomic E-state index is 2.28. The molecular formula is C4H9Li. The fourth-order valence-electron chi connectivity index (χ4n) is 0.167. The molecule has 0 aromatic carbocycles. The van der Waals surface area contributed by atoms with Crippen LogP contribution in [0.3, 0.4) is 0 Å². The van der Waals surface area contributed by atoms with Crippen LogP contribution in [0.4, 0.5) is 0 Å². The largest absolute Gasteiger partial charge is 1.00 e. The average Bonchev–Trinajstić information content (AvgIpc) is 1.75. The SMILES string of the molecule is CC1CC1.[H-].[Li+]. The minimum absolute atomic E-state index is 0. The maximum atomic E-state index is 2.28. The van der Waals surface area contributed by atoms with Crippen LogP contribution < -0.4 is 18.9 Å². The summed E-state index contributed by atoms with van der Waals surface area (Å²) in [5.41, 5.74) is 0. The van der Waals surface area contributed by atoms with Crippen molar-refractivity contribution in [3.63, 3.8) is 0 Å². The predicted octanol–water partition coefficient (Wildman–Crippen LogP) is -1.47. The molecule has 5 heavy (non-hydrogen) atoms. The van der Waals surface area contributed by atoms with E-state index in [1.807, 2.05) is 0 Å². The van der Waals surface area contributed by atoms with Gasteiger partial charge in [0.25, 0.3) is 0 Å². The molecule has 0 aliphatic heterocycles. The fraction of sp³-hybridized carbons (Fsp3) is 1.00. The molecule has 0 radical (unpaired) electrons. The predicted molar refractivity (Wildman–Crippen MR) is 19.5 cm³/mol. The van der Waals surface area contributed by atoms with Gasteiger partial charge in [-0.25, -0.2) is 0 Å². The fourth-order valence-corrected chi connectivity index (χ4v) is 0.167. The summed E-state index contributed by atoms with van der Waals surface area (Å²) < 4.78 is 0. The van der Waals surface area contributed by atoms with Crippen LogP contribution in [0.2, 0.25) is 0 Å². The summed E-state index contributed by atoms with van der Waals surface area (Å²) in [6.45, 7) is 2.28. The summed E-state index contributed by atoms with van der Waals surface area (Å²) in [6.07, 6.45) is 2.97. The molecule has 1 heteroatoms. The van der Waals surface area contributed by atoms with Crippen LogP contribution in [0.25, 0.3) is 0 Å². The Morgan fingerprint density at radius 3 is 1.80 bits per heavy atom. The summed E-state index contributed by atoms with van der Waals surface area (Å²) in [5, 5.41) is 0. The minimum Gasteiger partial charge on any atom is -1.00 e. The van der Waals surface area contributed by atoms with Crippen LogP contribution >= 0.6 is 0 Å². The maximum Gasteiger partial charge on any atom is 1.00 e. The summed E-state index contributed by atoms with van der Waals surface area (Å²) >= 11 is 0. The molecule has 0 atom stereocenters. The zero-order valence-corrected chi connectivity index (χ0v) is 3.99. The molecule has 0 N–H and O–H groups in total. The van der Waals surface area contributed by atoms with Gasteiger partial charge in [-0.2, -0.15) is 0 Å². The Kier molecular flexibility index (Phi) is 2.13. The van der Waals surface area contributed by atoms with Gasteiger partial charge in [-0.1, -0.05) is 19.8 Å². The molecule has 0 unspecified atom stereocenters. The Bertz CT molecular complexity index is 26.7. The van der Waals surface area contributed by atoms with Crippen molar-refractivity contribution in [1.29, 1.82) is 0 Å². The minimum atomic E-state index is 0. The van der Waals surface area contributed by atoms with Gasteiger partial charge in [0.1, 0.15) is 0 Å². The summed E-state index contributed by atoms with van der Waals surface area (Å²) in [7, 11) is 0. The second-order valence-corrected chi connectivity index (χ2v) is 1.68. The third-order valence-corrected chi connectivity index (χ3v) is 0.866. The molecule has 1 fully saturated rings. The third-order valence-electron chi connectivity index (χ3n) is 0.866. The van der Waals surface area contributed by atoms with Crippen molar-refractivity contribution in [2.75, 3.05) is 0 Å². The van der Waals surface area contributed by atoms with Gasteiger partial charge in [0.2, 0.25) is 0 Å². The summed E-state index contributed by atoms with van der Waals surface area (Å²) in [4.78, 5) is 0. The van der Waals surface area contributed by atoms with Gasteiger partial charge in [-0.15, -0.1) is 0 Å². The molecule has 0 amide bonds. The number of hydrogen-bond donors (Lipinski definition) is 0. The Morgan fingerprint density at radius 2 is 1.80 bits per heavy atom. The molecule has 1 rings (SSSR count). The summed E-state index contributed by atoms with van der Waals surface area (Å²) in [5.74, 6) is 1.08. The van der Waals surface area contributed by atoms with Gasteiger partial charge >= 0.3 is 18.9 Å². The molecule has 1 aliphatic rings. The van der Waals surface area contributed by atoms with Crippen LogP contribution in [0.1, 0.15) is 21.2 Å². The first-order valence-electron chi connectivity index (χ1n) is 1.89. The monoisotopic (exact) mass is 64.1 g/mol. The van der Waals surface area contributed by atoms with Gasteiger partial charge < -0.3 is 1.43 Å². The van der Waals surface area contributed by atoms with Crippen molar-refractivity contribution in [2.45, 2.75) is 19.8 Å². The first-order valence-corrected chi connectivity index (χ1v) is 1.89. The second kappa shape index (κ2) is 1.90. The van der Waals surface area contributed by atoms with E-state index in [0.717, 1.165) is 5.92 Å². The molecule has 0 heterocycles. The van der Waals surface area contributed by atoms with E-state index < -0.39 is 0 Å². The van der Waals surface area contributed by atoms with E-state index >= 15 is 0 Å². The third kappa shape index (κ3) is 2.40. The first-order chi connectivity index (χ1) is 1.89. The van der Waals surface area contributed by atoms with Crippen LogP contribution in [-0.4, -0.2) is 0 Å². The van der Waals surface area contributed by atoms with E-state index in [4.69, 9.17) is 0 Å². The van der Waals surface area contributed by atoms with Crippen molar-refractivity contribution >= 4 is 0 Å². The van der Waals surface area contributed by atoms with E-state index in [1.54, 1.807) is 0 Å². The molecule has 26 valence electrons. The van der Waals surface area contributed by atoms with E-state index in [9.17, 15) is 0 Å².